The van der Waals surface area contributed by atoms with Crippen LogP contribution in [-0.2, 0) is 9.59 Å². The smallest absolute Gasteiger partial charge is 0.228 e. The van der Waals surface area contributed by atoms with Gasteiger partial charge in [-0.25, -0.2) is 0 Å². The van der Waals surface area contributed by atoms with Crippen LogP contribution in [0.25, 0.3) is 0 Å². The second kappa shape index (κ2) is 5.83. The van der Waals surface area contributed by atoms with E-state index >= 15 is 0 Å². The second-order valence-electron chi connectivity index (χ2n) is 5.57. The molecule has 2 amide bonds. The Balaban J connectivity index is 1.91. The molecule has 1 aliphatic rings. The molecule has 0 bridgehead atoms. The lowest BCUT2D eigenvalue weighted by atomic mass is 10.2. The van der Waals surface area contributed by atoms with Gasteiger partial charge in [0.15, 0.2) is 0 Å². The average molecular weight is 295 g/mol. The molecular weight excluding hydrogens is 276 g/mol. The molecule has 2 unspecified atom stereocenters. The molecule has 1 aliphatic carbocycles. The molecule has 4 nitrogen and oxygen atoms in total. The highest BCUT2D eigenvalue weighted by atomic mass is 35.5. The first kappa shape index (κ1) is 14.9. The van der Waals surface area contributed by atoms with E-state index in [-0.39, 0.29) is 29.7 Å². The number of nitrogens with one attached hydrogen (secondary N) is 2. The van der Waals surface area contributed by atoms with Crippen LogP contribution in [-0.4, -0.2) is 17.9 Å². The summed E-state index contributed by atoms with van der Waals surface area (Å²) in [6.07, 6.45) is 0.615. The summed E-state index contributed by atoms with van der Waals surface area (Å²) in [4.78, 5) is 23.8. The fourth-order valence-corrected chi connectivity index (χ4v) is 2.25. The molecular formula is C15H19ClN2O2. The van der Waals surface area contributed by atoms with E-state index in [9.17, 15) is 9.59 Å². The lowest BCUT2D eigenvalue weighted by Crippen LogP contribution is -2.32. The minimum absolute atomic E-state index is 0.0397. The van der Waals surface area contributed by atoms with Crippen LogP contribution in [0.15, 0.2) is 18.2 Å². The van der Waals surface area contributed by atoms with E-state index < -0.39 is 0 Å². The maximum absolute atomic E-state index is 12.0. The quantitative estimate of drug-likeness (QED) is 0.897. The zero-order valence-electron chi connectivity index (χ0n) is 11.9. The van der Waals surface area contributed by atoms with Gasteiger partial charge in [-0.2, -0.15) is 0 Å². The molecule has 1 saturated carbocycles. The Bertz CT molecular complexity index is 543. The molecule has 1 aromatic carbocycles. The summed E-state index contributed by atoms with van der Waals surface area (Å²) in [7, 11) is 0. The summed E-state index contributed by atoms with van der Waals surface area (Å²) >= 11 is 6.01. The van der Waals surface area contributed by atoms with E-state index in [1.807, 2.05) is 32.9 Å². The first-order valence-corrected chi connectivity index (χ1v) is 7.13. The summed E-state index contributed by atoms with van der Waals surface area (Å²) in [6.45, 7) is 5.72. The number of amides is 2. The van der Waals surface area contributed by atoms with E-state index in [1.165, 1.54) is 0 Å². The molecule has 20 heavy (non-hydrogen) atoms. The maximum atomic E-state index is 12.0. The SMILES string of the molecule is Cc1ccc(NC(=O)C2CC2C(=O)NC(C)C)cc1Cl. The number of carbonyl (C=O) groups is 2. The number of aryl methyl sites for hydroxylation is 1. The van der Waals surface area contributed by atoms with Crippen molar-refractivity contribution in [1.29, 1.82) is 0 Å². The molecule has 2 N–H and O–H groups in total. The largest absolute Gasteiger partial charge is 0.354 e. The Morgan fingerprint density at radius 1 is 1.25 bits per heavy atom. The summed E-state index contributed by atoms with van der Waals surface area (Å²) in [6, 6.07) is 5.49. The highest BCUT2D eigenvalue weighted by molar-refractivity contribution is 6.31. The number of benzene rings is 1. The third-order valence-corrected chi connectivity index (χ3v) is 3.74. The van der Waals surface area contributed by atoms with Gasteiger partial charge in [0.1, 0.15) is 0 Å². The standard InChI is InChI=1S/C15H19ClN2O2/c1-8(2)17-14(19)11-7-12(11)15(20)18-10-5-4-9(3)13(16)6-10/h4-6,8,11-12H,7H2,1-3H3,(H,17,19)(H,18,20). The van der Waals surface area contributed by atoms with E-state index in [4.69, 9.17) is 11.6 Å². The summed E-state index contributed by atoms with van der Waals surface area (Å²) < 4.78 is 0. The van der Waals surface area contributed by atoms with Gasteiger partial charge in [-0.15, -0.1) is 0 Å². The van der Waals surface area contributed by atoms with Crippen molar-refractivity contribution < 1.29 is 9.59 Å². The Morgan fingerprint density at radius 3 is 2.50 bits per heavy atom. The monoisotopic (exact) mass is 294 g/mol. The number of carbonyl (C=O) groups excluding carboxylic acids is 2. The second-order valence-corrected chi connectivity index (χ2v) is 5.97. The zero-order valence-corrected chi connectivity index (χ0v) is 12.6. The van der Waals surface area contributed by atoms with Crippen LogP contribution in [0, 0.1) is 18.8 Å². The molecule has 2 rings (SSSR count). The van der Waals surface area contributed by atoms with Gasteiger partial charge in [-0.3, -0.25) is 9.59 Å². The van der Waals surface area contributed by atoms with Crippen molar-refractivity contribution in [3.05, 3.63) is 28.8 Å². The first-order valence-electron chi connectivity index (χ1n) is 6.76. The summed E-state index contributed by atoms with van der Waals surface area (Å²) in [5, 5.41) is 6.25. The third-order valence-electron chi connectivity index (χ3n) is 3.33. The molecule has 5 heteroatoms. The lowest BCUT2D eigenvalue weighted by molar-refractivity contribution is -0.125. The molecule has 0 heterocycles. The maximum Gasteiger partial charge on any atom is 0.228 e. The molecule has 0 spiro atoms. The number of rotatable bonds is 4. The Morgan fingerprint density at radius 2 is 1.90 bits per heavy atom. The van der Waals surface area contributed by atoms with Crippen molar-refractivity contribution >= 4 is 29.1 Å². The summed E-state index contributed by atoms with van der Waals surface area (Å²) in [5.74, 6) is -0.580. The molecule has 0 aliphatic heterocycles. The van der Waals surface area contributed by atoms with Crippen LogP contribution >= 0.6 is 11.6 Å². The van der Waals surface area contributed by atoms with Gasteiger partial charge in [-0.1, -0.05) is 17.7 Å². The van der Waals surface area contributed by atoms with E-state index in [2.05, 4.69) is 10.6 Å². The fourth-order valence-electron chi connectivity index (χ4n) is 2.07. The third kappa shape index (κ3) is 3.51. The van der Waals surface area contributed by atoms with Gasteiger partial charge in [-0.05, 0) is 44.9 Å². The van der Waals surface area contributed by atoms with Gasteiger partial charge in [0.25, 0.3) is 0 Å². The molecule has 108 valence electrons. The number of halogens is 1. The highest BCUT2D eigenvalue weighted by Crippen LogP contribution is 2.39. The Kier molecular flexibility index (Phi) is 4.33. The highest BCUT2D eigenvalue weighted by Gasteiger charge is 2.48. The lowest BCUT2D eigenvalue weighted by Gasteiger charge is -2.08. The van der Waals surface area contributed by atoms with Crippen LogP contribution in [0.4, 0.5) is 5.69 Å². The minimum atomic E-state index is -0.228. The van der Waals surface area contributed by atoms with Gasteiger partial charge in [0, 0.05) is 16.8 Å². The van der Waals surface area contributed by atoms with Crippen LogP contribution in [0.2, 0.25) is 5.02 Å². The van der Waals surface area contributed by atoms with Crippen LogP contribution in [0.5, 0.6) is 0 Å². The Hall–Kier alpha value is -1.55. The van der Waals surface area contributed by atoms with Crippen molar-refractivity contribution in [1.82, 2.24) is 5.32 Å². The van der Waals surface area contributed by atoms with Crippen molar-refractivity contribution in [3.63, 3.8) is 0 Å². The number of hydrogen-bond donors (Lipinski definition) is 2. The topological polar surface area (TPSA) is 58.2 Å². The molecule has 0 radical (unpaired) electrons. The van der Waals surface area contributed by atoms with E-state index in [0.717, 1.165) is 5.56 Å². The molecule has 1 aromatic rings. The predicted octanol–water partition coefficient (Wildman–Crippen LogP) is 2.75. The van der Waals surface area contributed by atoms with Crippen molar-refractivity contribution in [2.24, 2.45) is 11.8 Å². The number of hydrogen-bond acceptors (Lipinski definition) is 2. The van der Waals surface area contributed by atoms with Crippen molar-refractivity contribution in [2.75, 3.05) is 5.32 Å². The van der Waals surface area contributed by atoms with Gasteiger partial charge < -0.3 is 10.6 Å². The Labute approximate surface area is 123 Å². The van der Waals surface area contributed by atoms with Gasteiger partial charge in [0.05, 0.1) is 11.8 Å². The van der Waals surface area contributed by atoms with Crippen LogP contribution in [0.1, 0.15) is 25.8 Å². The normalized spacial score (nSPS) is 20.6. The summed E-state index contributed by atoms with van der Waals surface area (Å²) in [5.41, 5.74) is 1.63. The van der Waals surface area contributed by atoms with Gasteiger partial charge >= 0.3 is 0 Å². The predicted molar refractivity (Wildman–Crippen MR) is 79.7 cm³/mol. The van der Waals surface area contributed by atoms with E-state index in [0.29, 0.717) is 17.1 Å². The average Bonchev–Trinajstić information content (AvgIpc) is 3.13. The molecule has 0 saturated heterocycles. The molecule has 2 atom stereocenters. The zero-order chi connectivity index (χ0) is 14.9. The molecule has 0 aromatic heterocycles. The fraction of sp³-hybridized carbons (Fsp3) is 0.467. The van der Waals surface area contributed by atoms with Crippen LogP contribution in [0.3, 0.4) is 0 Å². The van der Waals surface area contributed by atoms with E-state index in [1.54, 1.807) is 6.07 Å². The number of anilines is 1. The van der Waals surface area contributed by atoms with Crippen LogP contribution < -0.4 is 10.6 Å². The first-order chi connectivity index (χ1) is 9.38. The van der Waals surface area contributed by atoms with Gasteiger partial charge in [0.2, 0.25) is 11.8 Å². The minimum Gasteiger partial charge on any atom is -0.354 e. The van der Waals surface area contributed by atoms with Crippen molar-refractivity contribution in [2.45, 2.75) is 33.2 Å². The van der Waals surface area contributed by atoms with Crippen molar-refractivity contribution in [3.8, 4) is 0 Å². The molecule has 1 fully saturated rings.